The van der Waals surface area contributed by atoms with Crippen molar-refractivity contribution in [2.75, 3.05) is 11.1 Å². The van der Waals surface area contributed by atoms with Gasteiger partial charge in [-0.3, -0.25) is 10.1 Å². The Kier molecular flexibility index (Phi) is 3.20. The predicted molar refractivity (Wildman–Crippen MR) is 72.1 cm³/mol. The van der Waals surface area contributed by atoms with Crippen molar-refractivity contribution in [2.45, 2.75) is 13.8 Å². The van der Waals surface area contributed by atoms with Crippen LogP contribution >= 0.6 is 11.3 Å². The molecule has 0 aliphatic carbocycles. The highest BCUT2D eigenvalue weighted by atomic mass is 32.1. The molecule has 5 nitrogen and oxygen atoms in total. The molecule has 0 fully saturated rings. The van der Waals surface area contributed by atoms with Gasteiger partial charge in [0.1, 0.15) is 5.75 Å². The molecule has 0 atom stereocenters. The van der Waals surface area contributed by atoms with E-state index in [0.29, 0.717) is 10.8 Å². The molecule has 1 aromatic carbocycles. The first kappa shape index (κ1) is 12.4. The topological polar surface area (TPSA) is 88.2 Å². The van der Waals surface area contributed by atoms with Gasteiger partial charge in [-0.15, -0.1) is 11.3 Å². The van der Waals surface area contributed by atoms with E-state index in [4.69, 9.17) is 5.73 Å². The number of nitrogens with two attached hydrogens (primary N) is 1. The Morgan fingerprint density at radius 2 is 2.17 bits per heavy atom. The molecule has 0 radical (unpaired) electrons. The number of phenolic OH excluding ortho intramolecular Hbond substituents is 1. The van der Waals surface area contributed by atoms with Gasteiger partial charge in [0.25, 0.3) is 5.91 Å². The Labute approximate surface area is 108 Å². The fraction of sp³-hybridized carbons (Fsp3) is 0.167. The smallest absolute Gasteiger partial charge is 0.259 e. The number of aromatic nitrogens is 1. The Balaban J connectivity index is 2.24. The predicted octanol–water partition coefficient (Wildman–Crippen LogP) is 2.30. The van der Waals surface area contributed by atoms with E-state index in [-0.39, 0.29) is 17.2 Å². The van der Waals surface area contributed by atoms with E-state index in [9.17, 15) is 9.90 Å². The summed E-state index contributed by atoms with van der Waals surface area (Å²) in [6, 6.07) is 4.25. The minimum absolute atomic E-state index is 0.000787. The lowest BCUT2D eigenvalue weighted by Gasteiger charge is -2.05. The van der Waals surface area contributed by atoms with Gasteiger partial charge in [-0.1, -0.05) is 0 Å². The monoisotopic (exact) mass is 263 g/mol. The molecule has 4 N–H and O–H groups in total. The summed E-state index contributed by atoms with van der Waals surface area (Å²) in [5, 5.41) is 12.5. The molecule has 94 valence electrons. The SMILES string of the molecule is Cc1nc(NC(=O)c2cc(O)ccc2N)sc1C. The number of nitrogens with zero attached hydrogens (tertiary/aromatic N) is 1. The van der Waals surface area contributed by atoms with E-state index < -0.39 is 0 Å². The third-order valence-electron chi connectivity index (χ3n) is 2.53. The third kappa shape index (κ3) is 2.43. The highest BCUT2D eigenvalue weighted by molar-refractivity contribution is 7.15. The lowest BCUT2D eigenvalue weighted by Crippen LogP contribution is -2.13. The maximum Gasteiger partial charge on any atom is 0.259 e. The van der Waals surface area contributed by atoms with Crippen molar-refractivity contribution in [3.63, 3.8) is 0 Å². The van der Waals surface area contributed by atoms with Crippen LogP contribution in [-0.4, -0.2) is 16.0 Å². The van der Waals surface area contributed by atoms with Crippen LogP contribution in [0.15, 0.2) is 18.2 Å². The number of anilines is 2. The molecule has 2 rings (SSSR count). The van der Waals surface area contributed by atoms with Crippen LogP contribution in [0.25, 0.3) is 0 Å². The standard InChI is InChI=1S/C12H13N3O2S/c1-6-7(2)18-12(14-6)15-11(17)9-5-8(16)3-4-10(9)13/h3-5,16H,13H2,1-2H3,(H,14,15,17). The van der Waals surface area contributed by atoms with Crippen molar-refractivity contribution in [2.24, 2.45) is 0 Å². The lowest BCUT2D eigenvalue weighted by molar-refractivity contribution is 0.102. The minimum atomic E-state index is -0.378. The molecule has 0 spiro atoms. The second-order valence-corrected chi connectivity index (χ2v) is 5.09. The molecule has 0 aliphatic rings. The molecule has 0 unspecified atom stereocenters. The number of hydrogen-bond donors (Lipinski definition) is 3. The number of aromatic hydroxyl groups is 1. The highest BCUT2D eigenvalue weighted by Crippen LogP contribution is 2.24. The molecule has 2 aromatic rings. The zero-order valence-corrected chi connectivity index (χ0v) is 10.8. The van der Waals surface area contributed by atoms with Gasteiger partial charge < -0.3 is 10.8 Å². The van der Waals surface area contributed by atoms with Crippen molar-refractivity contribution < 1.29 is 9.90 Å². The number of amides is 1. The molecular weight excluding hydrogens is 250 g/mol. The maximum absolute atomic E-state index is 12.0. The molecule has 0 saturated carbocycles. The van der Waals surface area contributed by atoms with Gasteiger partial charge in [0, 0.05) is 10.6 Å². The first-order chi connectivity index (χ1) is 8.47. The van der Waals surface area contributed by atoms with Gasteiger partial charge in [0.2, 0.25) is 0 Å². The van der Waals surface area contributed by atoms with Gasteiger partial charge >= 0.3 is 0 Å². The van der Waals surface area contributed by atoms with Crippen LogP contribution in [-0.2, 0) is 0 Å². The van der Waals surface area contributed by atoms with Crippen LogP contribution < -0.4 is 11.1 Å². The summed E-state index contributed by atoms with van der Waals surface area (Å²) in [6.45, 7) is 3.82. The Bertz CT molecular complexity index is 588. The molecule has 0 aliphatic heterocycles. The van der Waals surface area contributed by atoms with Gasteiger partial charge in [-0.05, 0) is 32.0 Å². The molecular formula is C12H13N3O2S. The summed E-state index contributed by atoms with van der Waals surface area (Å²) in [5.41, 5.74) is 7.13. The second-order valence-electron chi connectivity index (χ2n) is 3.89. The van der Waals surface area contributed by atoms with E-state index in [0.717, 1.165) is 10.6 Å². The number of aryl methyl sites for hydroxylation is 2. The minimum Gasteiger partial charge on any atom is -0.508 e. The van der Waals surface area contributed by atoms with E-state index in [1.165, 1.54) is 29.5 Å². The first-order valence-corrected chi connectivity index (χ1v) is 6.13. The molecule has 18 heavy (non-hydrogen) atoms. The van der Waals surface area contributed by atoms with Crippen LogP contribution in [0, 0.1) is 13.8 Å². The van der Waals surface area contributed by atoms with E-state index in [1.807, 2.05) is 13.8 Å². The van der Waals surface area contributed by atoms with E-state index in [1.54, 1.807) is 0 Å². The number of carbonyl (C=O) groups excluding carboxylic acids is 1. The Morgan fingerprint density at radius 3 is 2.78 bits per heavy atom. The molecule has 1 heterocycles. The molecule has 6 heteroatoms. The number of rotatable bonds is 2. The average Bonchev–Trinajstić information content (AvgIpc) is 2.61. The number of carbonyl (C=O) groups is 1. The second kappa shape index (κ2) is 4.66. The van der Waals surface area contributed by atoms with Gasteiger partial charge in [0.05, 0.1) is 11.3 Å². The van der Waals surface area contributed by atoms with Gasteiger partial charge in [-0.25, -0.2) is 4.98 Å². The summed E-state index contributed by atoms with van der Waals surface area (Å²) in [5.74, 6) is -0.377. The number of nitrogens with one attached hydrogen (secondary N) is 1. The van der Waals surface area contributed by atoms with Crippen molar-refractivity contribution in [3.05, 3.63) is 34.3 Å². The van der Waals surface area contributed by atoms with Gasteiger partial charge in [0.15, 0.2) is 5.13 Å². The highest BCUT2D eigenvalue weighted by Gasteiger charge is 2.13. The fourth-order valence-corrected chi connectivity index (χ4v) is 2.24. The van der Waals surface area contributed by atoms with Crippen LogP contribution in [0.2, 0.25) is 0 Å². The summed E-state index contributed by atoms with van der Waals surface area (Å²) in [7, 11) is 0. The number of thiazole rings is 1. The number of hydrogen-bond acceptors (Lipinski definition) is 5. The maximum atomic E-state index is 12.0. The summed E-state index contributed by atoms with van der Waals surface area (Å²) in [6.07, 6.45) is 0. The van der Waals surface area contributed by atoms with Gasteiger partial charge in [-0.2, -0.15) is 0 Å². The van der Waals surface area contributed by atoms with Crippen molar-refractivity contribution in [1.29, 1.82) is 0 Å². The fourth-order valence-electron chi connectivity index (χ4n) is 1.43. The van der Waals surface area contributed by atoms with Crippen LogP contribution in [0.4, 0.5) is 10.8 Å². The van der Waals surface area contributed by atoms with Crippen LogP contribution in [0.3, 0.4) is 0 Å². The summed E-state index contributed by atoms with van der Waals surface area (Å²) in [4.78, 5) is 17.2. The van der Waals surface area contributed by atoms with Crippen molar-refractivity contribution in [1.82, 2.24) is 4.98 Å². The quantitative estimate of drug-likeness (QED) is 0.573. The van der Waals surface area contributed by atoms with E-state index >= 15 is 0 Å². The van der Waals surface area contributed by atoms with E-state index in [2.05, 4.69) is 10.3 Å². The largest absolute Gasteiger partial charge is 0.508 e. The normalized spacial score (nSPS) is 10.3. The van der Waals surface area contributed by atoms with Crippen molar-refractivity contribution >= 4 is 28.1 Å². The van der Waals surface area contributed by atoms with Crippen LogP contribution in [0.1, 0.15) is 20.9 Å². The lowest BCUT2D eigenvalue weighted by atomic mass is 10.1. The summed E-state index contributed by atoms with van der Waals surface area (Å²) < 4.78 is 0. The molecule has 1 amide bonds. The first-order valence-electron chi connectivity index (χ1n) is 5.31. The molecule has 1 aromatic heterocycles. The zero-order valence-electron chi connectivity index (χ0n) is 10.0. The molecule has 0 bridgehead atoms. The van der Waals surface area contributed by atoms with Crippen molar-refractivity contribution in [3.8, 4) is 5.75 Å². The average molecular weight is 263 g/mol. The zero-order chi connectivity index (χ0) is 13.3. The molecule has 0 saturated heterocycles. The third-order valence-corrected chi connectivity index (χ3v) is 3.52. The summed E-state index contributed by atoms with van der Waals surface area (Å²) >= 11 is 1.40. The number of benzene rings is 1. The Morgan fingerprint density at radius 1 is 1.44 bits per heavy atom. The Hall–Kier alpha value is -2.08. The van der Waals surface area contributed by atoms with Crippen LogP contribution in [0.5, 0.6) is 5.75 Å². The number of nitrogen functional groups attached to an aromatic ring is 1. The number of phenols is 1.